The maximum Gasteiger partial charge on any atom is 0.139 e. The molecular weight excluding hydrogens is 299 g/mol. The molecule has 0 amide bonds. The number of benzene rings is 2. The van der Waals surface area contributed by atoms with E-state index in [1.54, 1.807) is 16.7 Å². The summed E-state index contributed by atoms with van der Waals surface area (Å²) in [4.78, 5) is 0. The van der Waals surface area contributed by atoms with Crippen molar-refractivity contribution in [3.63, 3.8) is 0 Å². The SMILES string of the molecule is Bc1cccc(C2C=C3C4=C(CCC=C4)c4ccccc4C3CC2)c1. The van der Waals surface area contributed by atoms with Crippen LogP contribution in [0.2, 0.25) is 0 Å². The topological polar surface area (TPSA) is 0 Å². The molecule has 0 spiro atoms. The first-order valence-electron chi connectivity index (χ1n) is 9.59. The Balaban J connectivity index is 1.66. The zero-order valence-electron chi connectivity index (χ0n) is 14.8. The molecule has 3 aliphatic carbocycles. The fourth-order valence-electron chi connectivity index (χ4n) is 4.97. The predicted molar refractivity (Wildman–Crippen MR) is 109 cm³/mol. The minimum atomic E-state index is 0.556. The highest BCUT2D eigenvalue weighted by atomic mass is 14.4. The lowest BCUT2D eigenvalue weighted by atomic mass is 9.66. The molecule has 0 saturated heterocycles. The first kappa shape index (κ1) is 15.0. The zero-order valence-corrected chi connectivity index (χ0v) is 14.8. The van der Waals surface area contributed by atoms with E-state index < -0.39 is 0 Å². The van der Waals surface area contributed by atoms with Crippen LogP contribution in [-0.4, -0.2) is 7.85 Å². The van der Waals surface area contributed by atoms with Gasteiger partial charge in [0.15, 0.2) is 0 Å². The molecule has 2 aromatic rings. The molecule has 1 heteroatoms. The van der Waals surface area contributed by atoms with Crippen molar-refractivity contribution in [1.82, 2.24) is 0 Å². The van der Waals surface area contributed by atoms with Crippen molar-refractivity contribution in [3.8, 4) is 0 Å². The summed E-state index contributed by atoms with van der Waals surface area (Å²) < 4.78 is 0. The fourth-order valence-corrected chi connectivity index (χ4v) is 4.97. The second kappa shape index (κ2) is 5.91. The Bertz CT molecular complexity index is 929. The van der Waals surface area contributed by atoms with Crippen molar-refractivity contribution in [3.05, 3.63) is 94.6 Å². The smallest absolute Gasteiger partial charge is 0.0887 e. The van der Waals surface area contributed by atoms with E-state index in [4.69, 9.17) is 0 Å². The number of hydrogen-bond donors (Lipinski definition) is 0. The van der Waals surface area contributed by atoms with Crippen molar-refractivity contribution < 1.29 is 0 Å². The van der Waals surface area contributed by atoms with Crippen LogP contribution in [-0.2, 0) is 0 Å². The number of rotatable bonds is 1. The lowest BCUT2D eigenvalue weighted by molar-refractivity contribution is 0.577. The van der Waals surface area contributed by atoms with Crippen LogP contribution < -0.4 is 5.46 Å². The minimum Gasteiger partial charge on any atom is -0.0887 e. The van der Waals surface area contributed by atoms with Gasteiger partial charge < -0.3 is 0 Å². The van der Waals surface area contributed by atoms with Crippen molar-refractivity contribution in [2.75, 3.05) is 0 Å². The van der Waals surface area contributed by atoms with Gasteiger partial charge in [0, 0.05) is 11.8 Å². The second-order valence-electron chi connectivity index (χ2n) is 7.69. The highest BCUT2D eigenvalue weighted by Gasteiger charge is 2.33. The molecule has 0 N–H and O–H groups in total. The van der Waals surface area contributed by atoms with Gasteiger partial charge in [0.1, 0.15) is 7.85 Å². The van der Waals surface area contributed by atoms with E-state index in [0.29, 0.717) is 11.8 Å². The Morgan fingerprint density at radius 2 is 1.88 bits per heavy atom. The van der Waals surface area contributed by atoms with Gasteiger partial charge in [-0.3, -0.25) is 0 Å². The molecule has 0 saturated carbocycles. The van der Waals surface area contributed by atoms with Crippen LogP contribution in [0.15, 0.2) is 77.9 Å². The van der Waals surface area contributed by atoms with Gasteiger partial charge in [-0.1, -0.05) is 72.2 Å². The molecule has 122 valence electrons. The summed E-state index contributed by atoms with van der Waals surface area (Å²) in [5.74, 6) is 1.14. The molecule has 25 heavy (non-hydrogen) atoms. The third-order valence-corrected chi connectivity index (χ3v) is 6.14. The summed E-state index contributed by atoms with van der Waals surface area (Å²) in [7, 11) is 2.20. The standard InChI is InChI=1S/C24H23B/c25-18-7-5-6-16(14-18)17-12-13-23-21-10-2-1-8-19(21)20-9-3-4-11-22(20)24(23)15-17/h1-2,4-8,10-11,14-15,17,23H,3,9,12-13,25H2. The highest BCUT2D eigenvalue weighted by Crippen LogP contribution is 2.51. The lowest BCUT2D eigenvalue weighted by Gasteiger charge is -2.37. The molecule has 2 unspecified atom stereocenters. The Hall–Kier alpha value is -2.28. The number of hydrogen-bond acceptors (Lipinski definition) is 0. The largest absolute Gasteiger partial charge is 0.139 e. The van der Waals surface area contributed by atoms with Crippen LogP contribution in [0.1, 0.15) is 54.2 Å². The molecular formula is C24H23B. The molecule has 5 rings (SSSR count). The fraction of sp³-hybridized carbons (Fsp3) is 0.250. The van der Waals surface area contributed by atoms with E-state index in [1.165, 1.54) is 47.8 Å². The van der Waals surface area contributed by atoms with Gasteiger partial charge in [-0.15, -0.1) is 0 Å². The van der Waals surface area contributed by atoms with Gasteiger partial charge >= 0.3 is 0 Å². The molecule has 0 bridgehead atoms. The van der Waals surface area contributed by atoms with Crippen molar-refractivity contribution >= 4 is 18.9 Å². The predicted octanol–water partition coefficient (Wildman–Crippen LogP) is 4.65. The maximum atomic E-state index is 2.59. The van der Waals surface area contributed by atoms with E-state index in [0.717, 1.165) is 0 Å². The van der Waals surface area contributed by atoms with Gasteiger partial charge in [-0.05, 0) is 59.1 Å². The monoisotopic (exact) mass is 322 g/mol. The molecule has 0 heterocycles. The van der Waals surface area contributed by atoms with Crippen LogP contribution in [0, 0.1) is 0 Å². The molecule has 0 aliphatic heterocycles. The van der Waals surface area contributed by atoms with Gasteiger partial charge in [0.05, 0.1) is 0 Å². The van der Waals surface area contributed by atoms with E-state index in [2.05, 4.69) is 74.6 Å². The Morgan fingerprint density at radius 3 is 2.80 bits per heavy atom. The quantitative estimate of drug-likeness (QED) is 0.671. The third kappa shape index (κ3) is 2.45. The van der Waals surface area contributed by atoms with E-state index in [-0.39, 0.29) is 0 Å². The first-order valence-corrected chi connectivity index (χ1v) is 9.59. The summed E-state index contributed by atoms with van der Waals surface area (Å²) >= 11 is 0. The molecule has 0 nitrogen and oxygen atoms in total. The second-order valence-corrected chi connectivity index (χ2v) is 7.69. The van der Waals surface area contributed by atoms with Crippen molar-refractivity contribution in [2.45, 2.75) is 37.5 Å². The highest BCUT2D eigenvalue weighted by molar-refractivity contribution is 6.32. The number of allylic oxidation sites excluding steroid dienone is 6. The molecule has 0 aromatic heterocycles. The first-order chi connectivity index (χ1) is 12.3. The van der Waals surface area contributed by atoms with Gasteiger partial charge in [-0.2, -0.15) is 0 Å². The molecule has 3 aliphatic rings. The van der Waals surface area contributed by atoms with Gasteiger partial charge in [-0.25, -0.2) is 0 Å². The average Bonchev–Trinajstić information content (AvgIpc) is 2.68. The Labute approximate surface area is 151 Å². The summed E-state index contributed by atoms with van der Waals surface area (Å²) in [5.41, 5.74) is 10.6. The molecule has 0 fully saturated rings. The molecule has 2 aromatic carbocycles. The summed E-state index contributed by atoms with van der Waals surface area (Å²) in [6, 6.07) is 18.2. The zero-order chi connectivity index (χ0) is 16.8. The van der Waals surface area contributed by atoms with Crippen LogP contribution >= 0.6 is 0 Å². The van der Waals surface area contributed by atoms with Crippen LogP contribution in [0.5, 0.6) is 0 Å². The average molecular weight is 322 g/mol. The normalized spacial score (nSPS) is 24.2. The summed E-state index contributed by atoms with van der Waals surface area (Å²) in [6.45, 7) is 0. The third-order valence-electron chi connectivity index (χ3n) is 6.14. The Kier molecular flexibility index (Phi) is 3.55. The van der Waals surface area contributed by atoms with Gasteiger partial charge in [0.2, 0.25) is 0 Å². The molecule has 2 atom stereocenters. The molecule has 0 radical (unpaired) electrons. The van der Waals surface area contributed by atoms with E-state index in [9.17, 15) is 0 Å². The van der Waals surface area contributed by atoms with Crippen LogP contribution in [0.25, 0.3) is 5.57 Å². The van der Waals surface area contributed by atoms with Crippen molar-refractivity contribution in [2.24, 2.45) is 0 Å². The van der Waals surface area contributed by atoms with Crippen LogP contribution in [0.4, 0.5) is 0 Å². The minimum absolute atomic E-state index is 0.556. The van der Waals surface area contributed by atoms with E-state index in [1.807, 2.05) is 0 Å². The summed E-state index contributed by atoms with van der Waals surface area (Å²) in [5, 5.41) is 0. The van der Waals surface area contributed by atoms with E-state index >= 15 is 0 Å². The lowest BCUT2D eigenvalue weighted by Crippen LogP contribution is -2.20. The maximum absolute atomic E-state index is 2.59. The van der Waals surface area contributed by atoms with Crippen molar-refractivity contribution in [1.29, 1.82) is 0 Å². The number of fused-ring (bicyclic) bond motifs is 5. The summed E-state index contributed by atoms with van der Waals surface area (Å²) in [6.07, 6.45) is 12.2. The van der Waals surface area contributed by atoms with Crippen LogP contribution in [0.3, 0.4) is 0 Å². The Morgan fingerprint density at radius 1 is 0.960 bits per heavy atom. The van der Waals surface area contributed by atoms with Gasteiger partial charge in [0.25, 0.3) is 0 Å².